The Kier molecular flexibility index (Phi) is 5.79. The molecule has 0 atom stereocenters. The van der Waals surface area contributed by atoms with E-state index in [9.17, 15) is 0 Å². The summed E-state index contributed by atoms with van der Waals surface area (Å²) in [5.41, 5.74) is 0.992. The summed E-state index contributed by atoms with van der Waals surface area (Å²) in [5.74, 6) is 0. The quantitative estimate of drug-likeness (QED) is 0.821. The average Bonchev–Trinajstić information content (AvgIpc) is 2.86. The third kappa shape index (κ3) is 5.28. The van der Waals surface area contributed by atoms with Crippen molar-refractivity contribution in [1.29, 1.82) is 0 Å². The molecule has 0 spiro atoms. The molecule has 5 heteroatoms. The van der Waals surface area contributed by atoms with Crippen LogP contribution in [0.25, 0.3) is 0 Å². The van der Waals surface area contributed by atoms with Gasteiger partial charge in [0.1, 0.15) is 0 Å². The van der Waals surface area contributed by atoms with E-state index in [4.69, 9.17) is 4.74 Å². The molecule has 1 aliphatic rings. The number of ether oxygens (including phenoxy) is 1. The number of nitrogens with one attached hydrogen (secondary N) is 1. The van der Waals surface area contributed by atoms with Gasteiger partial charge in [0, 0.05) is 18.8 Å². The summed E-state index contributed by atoms with van der Waals surface area (Å²) in [5, 5.41) is 11.6. The van der Waals surface area contributed by atoms with Crippen LogP contribution in [0.4, 0.5) is 0 Å². The van der Waals surface area contributed by atoms with Gasteiger partial charge in [-0.25, -0.2) is 4.68 Å². The van der Waals surface area contributed by atoms with Crippen molar-refractivity contribution in [1.82, 2.24) is 20.3 Å². The van der Waals surface area contributed by atoms with Crippen LogP contribution in [0.5, 0.6) is 0 Å². The molecule has 1 aromatic heterocycles. The second-order valence-corrected chi connectivity index (χ2v) is 5.64. The molecular weight excluding hydrogens is 240 g/mol. The van der Waals surface area contributed by atoms with Crippen molar-refractivity contribution in [3.63, 3.8) is 0 Å². The molecule has 2 rings (SSSR count). The molecule has 1 saturated carbocycles. The molecule has 1 N–H and O–H groups in total. The van der Waals surface area contributed by atoms with E-state index in [1.807, 2.05) is 10.9 Å². The van der Waals surface area contributed by atoms with Gasteiger partial charge in [0.2, 0.25) is 0 Å². The van der Waals surface area contributed by atoms with Gasteiger partial charge in [-0.1, -0.05) is 38.3 Å². The molecule has 1 heterocycles. The fourth-order valence-corrected chi connectivity index (χ4v) is 2.38. The molecule has 0 radical (unpaired) electrons. The predicted molar refractivity (Wildman–Crippen MR) is 74.8 cm³/mol. The zero-order valence-corrected chi connectivity index (χ0v) is 12.1. The van der Waals surface area contributed by atoms with Gasteiger partial charge < -0.3 is 10.1 Å². The van der Waals surface area contributed by atoms with Crippen LogP contribution in [-0.4, -0.2) is 33.7 Å². The van der Waals surface area contributed by atoms with Crippen LogP contribution in [0, 0.1) is 0 Å². The number of hydrogen-bond acceptors (Lipinski definition) is 4. The zero-order chi connectivity index (χ0) is 13.5. The monoisotopic (exact) mass is 266 g/mol. The third-order valence-electron chi connectivity index (χ3n) is 3.50. The van der Waals surface area contributed by atoms with Gasteiger partial charge >= 0.3 is 0 Å². The highest BCUT2D eigenvalue weighted by atomic mass is 16.5. The van der Waals surface area contributed by atoms with Crippen LogP contribution in [0.3, 0.4) is 0 Å². The first-order valence-electron chi connectivity index (χ1n) is 7.48. The van der Waals surface area contributed by atoms with Gasteiger partial charge in [-0.2, -0.15) is 0 Å². The summed E-state index contributed by atoms with van der Waals surface area (Å²) in [4.78, 5) is 0. The lowest BCUT2D eigenvalue weighted by Gasteiger charge is -2.21. The van der Waals surface area contributed by atoms with Crippen molar-refractivity contribution in [2.45, 2.75) is 71.2 Å². The summed E-state index contributed by atoms with van der Waals surface area (Å²) in [7, 11) is 0. The maximum atomic E-state index is 5.89. The normalized spacial score (nSPS) is 17.2. The molecule has 0 bridgehead atoms. The van der Waals surface area contributed by atoms with Crippen molar-refractivity contribution in [3.8, 4) is 0 Å². The Morgan fingerprint density at radius 2 is 2.16 bits per heavy atom. The van der Waals surface area contributed by atoms with Crippen LogP contribution in [0.2, 0.25) is 0 Å². The Morgan fingerprint density at radius 1 is 1.37 bits per heavy atom. The Bertz CT molecular complexity index is 358. The molecule has 0 amide bonds. The minimum atomic E-state index is 0.472. The zero-order valence-electron chi connectivity index (χ0n) is 12.1. The van der Waals surface area contributed by atoms with Gasteiger partial charge in [-0.05, 0) is 12.8 Å². The Labute approximate surface area is 115 Å². The van der Waals surface area contributed by atoms with Gasteiger partial charge in [-0.3, -0.25) is 0 Å². The first-order valence-corrected chi connectivity index (χ1v) is 7.48. The summed E-state index contributed by atoms with van der Waals surface area (Å²) in [6, 6.07) is 0.472. The minimum Gasteiger partial charge on any atom is -0.376 e. The molecule has 5 nitrogen and oxygen atoms in total. The molecule has 0 unspecified atom stereocenters. The van der Waals surface area contributed by atoms with Crippen LogP contribution in [-0.2, 0) is 17.8 Å². The van der Waals surface area contributed by atoms with Crippen LogP contribution in [0.15, 0.2) is 6.20 Å². The van der Waals surface area contributed by atoms with Gasteiger partial charge in [0.25, 0.3) is 0 Å². The summed E-state index contributed by atoms with van der Waals surface area (Å²) >= 11 is 0. The largest absolute Gasteiger partial charge is 0.376 e. The number of rotatable bonds is 7. The Morgan fingerprint density at radius 3 is 2.89 bits per heavy atom. The van der Waals surface area contributed by atoms with E-state index in [0.29, 0.717) is 12.1 Å². The van der Waals surface area contributed by atoms with Crippen LogP contribution in [0.1, 0.15) is 51.6 Å². The van der Waals surface area contributed by atoms with Crippen molar-refractivity contribution in [2.75, 3.05) is 6.61 Å². The summed E-state index contributed by atoms with van der Waals surface area (Å²) in [6.07, 6.45) is 8.92. The summed E-state index contributed by atoms with van der Waals surface area (Å²) in [6.45, 7) is 6.57. The van der Waals surface area contributed by atoms with Crippen LogP contribution < -0.4 is 5.32 Å². The Hall–Kier alpha value is -0.940. The fraction of sp³-hybridized carbons (Fsp3) is 0.857. The molecule has 108 valence electrons. The molecule has 0 aliphatic heterocycles. The van der Waals surface area contributed by atoms with Gasteiger partial charge in [0.15, 0.2) is 0 Å². The van der Waals surface area contributed by atoms with Crippen molar-refractivity contribution < 1.29 is 4.74 Å². The fourth-order valence-electron chi connectivity index (χ4n) is 2.38. The number of hydrogen-bond donors (Lipinski definition) is 1. The van der Waals surface area contributed by atoms with E-state index in [1.54, 1.807) is 0 Å². The Balaban J connectivity index is 1.65. The van der Waals surface area contributed by atoms with Gasteiger partial charge in [0.05, 0.1) is 24.9 Å². The van der Waals surface area contributed by atoms with E-state index in [1.165, 1.54) is 32.1 Å². The third-order valence-corrected chi connectivity index (χ3v) is 3.50. The number of nitrogens with zero attached hydrogens (tertiary/aromatic N) is 3. The lowest BCUT2D eigenvalue weighted by molar-refractivity contribution is 0.0227. The highest BCUT2D eigenvalue weighted by molar-refractivity contribution is 4.91. The van der Waals surface area contributed by atoms with Crippen molar-refractivity contribution >= 4 is 0 Å². The molecule has 1 aliphatic carbocycles. The smallest absolute Gasteiger partial charge is 0.0964 e. The molecular formula is C14H26N4O. The van der Waals surface area contributed by atoms with E-state index < -0.39 is 0 Å². The topological polar surface area (TPSA) is 52.0 Å². The van der Waals surface area contributed by atoms with Crippen molar-refractivity contribution in [3.05, 3.63) is 11.9 Å². The van der Waals surface area contributed by atoms with E-state index in [0.717, 1.165) is 25.4 Å². The highest BCUT2D eigenvalue weighted by Crippen LogP contribution is 2.20. The van der Waals surface area contributed by atoms with Crippen molar-refractivity contribution in [2.24, 2.45) is 0 Å². The molecule has 1 fully saturated rings. The van der Waals surface area contributed by atoms with E-state index in [2.05, 4.69) is 29.5 Å². The highest BCUT2D eigenvalue weighted by Gasteiger charge is 2.13. The SMILES string of the molecule is CC(C)NCc1cn(CCOC2CCCCC2)nn1. The minimum absolute atomic E-state index is 0.472. The first kappa shape index (κ1) is 14.5. The maximum absolute atomic E-state index is 5.89. The average molecular weight is 266 g/mol. The standard InChI is InChI=1S/C14H26N4O/c1-12(2)15-10-13-11-18(17-16-13)8-9-19-14-6-4-3-5-7-14/h11-12,14-15H,3-10H2,1-2H3. The molecule has 19 heavy (non-hydrogen) atoms. The summed E-state index contributed by atoms with van der Waals surface area (Å²) < 4.78 is 7.77. The molecule has 1 aromatic rings. The second-order valence-electron chi connectivity index (χ2n) is 5.64. The second kappa shape index (κ2) is 7.60. The molecule has 0 aromatic carbocycles. The molecule has 0 saturated heterocycles. The predicted octanol–water partition coefficient (Wildman–Crippen LogP) is 2.13. The first-order chi connectivity index (χ1) is 9.24. The van der Waals surface area contributed by atoms with Gasteiger partial charge in [-0.15, -0.1) is 5.10 Å². The lowest BCUT2D eigenvalue weighted by atomic mass is 9.98. The number of aromatic nitrogens is 3. The van der Waals surface area contributed by atoms with Crippen LogP contribution >= 0.6 is 0 Å². The van der Waals surface area contributed by atoms with E-state index >= 15 is 0 Å². The maximum Gasteiger partial charge on any atom is 0.0964 e. The van der Waals surface area contributed by atoms with E-state index in [-0.39, 0.29) is 0 Å². The lowest BCUT2D eigenvalue weighted by Crippen LogP contribution is -2.22.